The van der Waals surface area contributed by atoms with Crippen molar-refractivity contribution in [3.05, 3.63) is 120 Å². The van der Waals surface area contributed by atoms with Crippen molar-refractivity contribution in [3.8, 4) is 22.3 Å². The summed E-state index contributed by atoms with van der Waals surface area (Å²) in [5.74, 6) is 0. The molecule has 0 atom stereocenters. The minimum atomic E-state index is 0.690. The fourth-order valence-electron chi connectivity index (χ4n) is 3.08. The van der Waals surface area contributed by atoms with Gasteiger partial charge < -0.3 is 0 Å². The maximum absolute atomic E-state index is 4.59. The highest BCUT2D eigenvalue weighted by molar-refractivity contribution is 5.81. The first-order valence-corrected chi connectivity index (χ1v) is 9.18. The highest BCUT2D eigenvalue weighted by atomic mass is 14.7. The molecule has 0 N–H and O–H groups in total. The highest BCUT2D eigenvalue weighted by Crippen LogP contribution is 2.20. The molecule has 1 heteroatoms. The summed E-state index contributed by atoms with van der Waals surface area (Å²) in [4.78, 5) is 4.59. The molecular weight excluding hydrogens is 326 g/mol. The maximum Gasteiger partial charge on any atom is 0.0639 e. The van der Waals surface area contributed by atoms with E-state index in [2.05, 4.69) is 102 Å². The van der Waals surface area contributed by atoms with Gasteiger partial charge in [0, 0.05) is 6.21 Å². The average molecular weight is 347 g/mol. The lowest BCUT2D eigenvalue weighted by Gasteiger charge is -2.03. The predicted molar refractivity (Wildman–Crippen MR) is 115 cm³/mol. The van der Waals surface area contributed by atoms with Gasteiger partial charge >= 0.3 is 0 Å². The molecule has 0 aliphatic carbocycles. The van der Waals surface area contributed by atoms with Crippen molar-refractivity contribution >= 4 is 6.21 Å². The van der Waals surface area contributed by atoms with E-state index < -0.39 is 0 Å². The third-order valence-corrected chi connectivity index (χ3v) is 4.59. The molecular formula is C26H21N. The van der Waals surface area contributed by atoms with Gasteiger partial charge in [-0.25, -0.2) is 0 Å². The molecule has 0 saturated heterocycles. The molecule has 0 radical (unpaired) electrons. The van der Waals surface area contributed by atoms with E-state index in [9.17, 15) is 0 Å². The van der Waals surface area contributed by atoms with Crippen LogP contribution in [0, 0.1) is 0 Å². The van der Waals surface area contributed by atoms with E-state index in [1.54, 1.807) is 0 Å². The summed E-state index contributed by atoms with van der Waals surface area (Å²) < 4.78 is 0. The molecule has 0 aromatic heterocycles. The molecule has 130 valence electrons. The Morgan fingerprint density at radius 3 is 1.44 bits per heavy atom. The summed E-state index contributed by atoms with van der Waals surface area (Å²) in [5, 5.41) is 0. The number of hydrogen-bond donors (Lipinski definition) is 0. The zero-order valence-electron chi connectivity index (χ0n) is 15.1. The SMILES string of the molecule is C(=NCc1ccc(-c2ccccc2)cc1)c1ccc(-c2ccccc2)cc1. The predicted octanol–water partition coefficient (Wildman–Crippen LogP) is 6.64. The van der Waals surface area contributed by atoms with Gasteiger partial charge in [0.25, 0.3) is 0 Å². The van der Waals surface area contributed by atoms with Crippen molar-refractivity contribution in [2.75, 3.05) is 0 Å². The van der Waals surface area contributed by atoms with Crippen molar-refractivity contribution in [3.63, 3.8) is 0 Å². The van der Waals surface area contributed by atoms with Crippen LogP contribution in [0.1, 0.15) is 11.1 Å². The standard InChI is InChI=1S/C26H21N/c1-3-7-23(8-4-1)25-15-11-21(12-16-25)19-27-20-22-13-17-26(18-14-22)24-9-5-2-6-10-24/h1-19H,20H2. The van der Waals surface area contributed by atoms with Gasteiger partial charge in [-0.15, -0.1) is 0 Å². The Labute approximate surface area is 160 Å². The largest absolute Gasteiger partial charge is 0.288 e. The Morgan fingerprint density at radius 1 is 0.481 bits per heavy atom. The van der Waals surface area contributed by atoms with E-state index in [1.165, 1.54) is 27.8 Å². The second-order valence-corrected chi connectivity index (χ2v) is 6.52. The summed E-state index contributed by atoms with van der Waals surface area (Å²) >= 11 is 0. The Bertz CT molecular complexity index is 999. The Balaban J connectivity index is 1.39. The second-order valence-electron chi connectivity index (χ2n) is 6.52. The van der Waals surface area contributed by atoms with Gasteiger partial charge in [0.05, 0.1) is 6.54 Å². The van der Waals surface area contributed by atoms with Crippen LogP contribution in [0.3, 0.4) is 0 Å². The summed E-state index contributed by atoms with van der Waals surface area (Å²) in [6.07, 6.45) is 1.94. The third kappa shape index (κ3) is 4.39. The molecule has 0 amide bonds. The molecule has 0 fully saturated rings. The van der Waals surface area contributed by atoms with E-state index in [4.69, 9.17) is 0 Å². The Kier molecular flexibility index (Phi) is 5.21. The van der Waals surface area contributed by atoms with Gasteiger partial charge in [-0.3, -0.25) is 4.99 Å². The molecule has 0 saturated carbocycles. The molecule has 0 aliphatic rings. The van der Waals surface area contributed by atoms with Crippen LogP contribution in [0.2, 0.25) is 0 Å². The first kappa shape index (κ1) is 17.0. The number of rotatable bonds is 5. The molecule has 0 spiro atoms. The van der Waals surface area contributed by atoms with Crippen molar-refractivity contribution in [1.82, 2.24) is 0 Å². The summed E-state index contributed by atoms with van der Waals surface area (Å²) in [7, 11) is 0. The Morgan fingerprint density at radius 2 is 0.926 bits per heavy atom. The van der Waals surface area contributed by atoms with Crippen LogP contribution in [0.25, 0.3) is 22.3 Å². The van der Waals surface area contributed by atoms with E-state index in [0.29, 0.717) is 6.54 Å². The third-order valence-electron chi connectivity index (χ3n) is 4.59. The molecule has 4 aromatic carbocycles. The van der Waals surface area contributed by atoms with E-state index in [1.807, 2.05) is 18.3 Å². The van der Waals surface area contributed by atoms with E-state index >= 15 is 0 Å². The second kappa shape index (κ2) is 8.29. The lowest BCUT2D eigenvalue weighted by atomic mass is 10.0. The summed E-state index contributed by atoms with van der Waals surface area (Å²) in [6.45, 7) is 0.690. The monoisotopic (exact) mass is 347 g/mol. The van der Waals surface area contributed by atoms with Crippen molar-refractivity contribution in [2.24, 2.45) is 4.99 Å². The molecule has 0 bridgehead atoms. The van der Waals surface area contributed by atoms with Crippen molar-refractivity contribution < 1.29 is 0 Å². The topological polar surface area (TPSA) is 12.4 Å². The van der Waals surface area contributed by atoms with Crippen LogP contribution < -0.4 is 0 Å². The van der Waals surface area contributed by atoms with Crippen LogP contribution in [0.4, 0.5) is 0 Å². The van der Waals surface area contributed by atoms with E-state index in [0.717, 1.165) is 5.56 Å². The normalized spacial score (nSPS) is 11.0. The first-order chi connectivity index (χ1) is 13.4. The van der Waals surface area contributed by atoms with E-state index in [-0.39, 0.29) is 0 Å². The van der Waals surface area contributed by atoms with Crippen molar-refractivity contribution in [2.45, 2.75) is 6.54 Å². The smallest absolute Gasteiger partial charge is 0.0639 e. The van der Waals surface area contributed by atoms with Crippen molar-refractivity contribution in [1.29, 1.82) is 0 Å². The fraction of sp³-hybridized carbons (Fsp3) is 0.0385. The maximum atomic E-state index is 4.59. The molecule has 0 heterocycles. The molecule has 4 rings (SSSR count). The van der Waals surface area contributed by atoms with Crippen LogP contribution in [0.5, 0.6) is 0 Å². The van der Waals surface area contributed by atoms with Gasteiger partial charge in [-0.1, -0.05) is 109 Å². The number of benzene rings is 4. The van der Waals surface area contributed by atoms with Gasteiger partial charge in [0.2, 0.25) is 0 Å². The summed E-state index contributed by atoms with van der Waals surface area (Å²) in [5.41, 5.74) is 7.28. The van der Waals surface area contributed by atoms with Gasteiger partial charge in [0.15, 0.2) is 0 Å². The van der Waals surface area contributed by atoms with Crippen LogP contribution in [-0.2, 0) is 6.54 Å². The lowest BCUT2D eigenvalue weighted by molar-refractivity contribution is 1.08. The van der Waals surface area contributed by atoms with Gasteiger partial charge in [-0.2, -0.15) is 0 Å². The average Bonchev–Trinajstić information content (AvgIpc) is 2.76. The lowest BCUT2D eigenvalue weighted by Crippen LogP contribution is -1.86. The number of nitrogens with zero attached hydrogens (tertiary/aromatic N) is 1. The first-order valence-electron chi connectivity index (χ1n) is 9.18. The zero-order chi connectivity index (χ0) is 18.3. The fourth-order valence-corrected chi connectivity index (χ4v) is 3.08. The van der Waals surface area contributed by atoms with Crippen LogP contribution in [-0.4, -0.2) is 6.21 Å². The molecule has 4 aromatic rings. The number of hydrogen-bond acceptors (Lipinski definition) is 1. The number of aliphatic imine (C=N–C) groups is 1. The zero-order valence-corrected chi connectivity index (χ0v) is 15.1. The van der Waals surface area contributed by atoms with Gasteiger partial charge in [0.1, 0.15) is 0 Å². The van der Waals surface area contributed by atoms with Crippen LogP contribution in [0.15, 0.2) is 114 Å². The molecule has 0 aliphatic heterocycles. The van der Waals surface area contributed by atoms with Crippen LogP contribution >= 0.6 is 0 Å². The molecule has 0 unspecified atom stereocenters. The minimum absolute atomic E-state index is 0.690. The quantitative estimate of drug-likeness (QED) is 0.359. The summed E-state index contributed by atoms with van der Waals surface area (Å²) in [6, 6.07) is 38.0. The molecule has 27 heavy (non-hydrogen) atoms. The minimum Gasteiger partial charge on any atom is -0.288 e. The highest BCUT2D eigenvalue weighted by Gasteiger charge is 1.98. The Hall–Kier alpha value is -3.45. The molecule has 1 nitrogen and oxygen atoms in total. The van der Waals surface area contributed by atoms with Gasteiger partial charge in [-0.05, 0) is 33.4 Å².